The molecule has 19 heavy (non-hydrogen) atoms. The summed E-state index contributed by atoms with van der Waals surface area (Å²) < 4.78 is 5.62. The summed E-state index contributed by atoms with van der Waals surface area (Å²) in [6.07, 6.45) is 10.7. The van der Waals surface area contributed by atoms with Crippen molar-refractivity contribution >= 4 is 0 Å². The Hall–Kier alpha value is -0.160. The molecule has 3 fully saturated rings. The molecule has 2 aliphatic heterocycles. The molecule has 0 aromatic heterocycles. The summed E-state index contributed by atoms with van der Waals surface area (Å²) in [5.74, 6) is 6.59. The molecule has 2 heterocycles. The summed E-state index contributed by atoms with van der Waals surface area (Å²) >= 11 is 0. The second kappa shape index (κ2) is 6.08. The van der Waals surface area contributed by atoms with E-state index >= 15 is 0 Å². The second-order valence-corrected chi connectivity index (χ2v) is 6.63. The third kappa shape index (κ3) is 2.56. The van der Waals surface area contributed by atoms with Crippen LogP contribution in [0.3, 0.4) is 0 Å². The van der Waals surface area contributed by atoms with Crippen molar-refractivity contribution < 1.29 is 4.74 Å². The predicted octanol–water partition coefficient (Wildman–Crippen LogP) is 1.65. The van der Waals surface area contributed by atoms with Crippen molar-refractivity contribution in [1.29, 1.82) is 0 Å². The van der Waals surface area contributed by atoms with Gasteiger partial charge in [0.05, 0.1) is 6.61 Å². The molecule has 3 rings (SSSR count). The van der Waals surface area contributed by atoms with Crippen LogP contribution in [0.25, 0.3) is 0 Å². The van der Waals surface area contributed by atoms with Crippen LogP contribution in [0.4, 0.5) is 0 Å². The van der Waals surface area contributed by atoms with Gasteiger partial charge < -0.3 is 4.74 Å². The third-order valence-electron chi connectivity index (χ3n) is 5.65. The standard InChI is InChI=1S/C15H29N3O/c16-17-14(13-6-11-19-12-13)15(7-2-3-8-15)18-9-4-1-5-10-18/h13-14,17H,1-12,16H2. The van der Waals surface area contributed by atoms with E-state index < -0.39 is 0 Å². The van der Waals surface area contributed by atoms with Gasteiger partial charge in [0.15, 0.2) is 0 Å². The van der Waals surface area contributed by atoms with Gasteiger partial charge in [0.2, 0.25) is 0 Å². The summed E-state index contributed by atoms with van der Waals surface area (Å²) in [5, 5.41) is 0. The van der Waals surface area contributed by atoms with E-state index in [0.29, 0.717) is 17.5 Å². The zero-order chi connectivity index (χ0) is 13.1. The summed E-state index contributed by atoms with van der Waals surface area (Å²) in [5.41, 5.74) is 3.52. The topological polar surface area (TPSA) is 50.5 Å². The minimum atomic E-state index is 0.313. The van der Waals surface area contributed by atoms with Crippen molar-refractivity contribution in [3.63, 3.8) is 0 Å². The first-order chi connectivity index (χ1) is 9.37. The molecular formula is C15H29N3O. The van der Waals surface area contributed by atoms with E-state index in [1.54, 1.807) is 0 Å². The molecule has 1 aliphatic carbocycles. The molecule has 0 bridgehead atoms. The number of likely N-dealkylation sites (tertiary alicyclic amines) is 1. The van der Waals surface area contributed by atoms with Gasteiger partial charge in [0.25, 0.3) is 0 Å². The lowest BCUT2D eigenvalue weighted by Gasteiger charge is -2.50. The Balaban J connectivity index is 1.80. The Kier molecular flexibility index (Phi) is 4.42. The highest BCUT2D eigenvalue weighted by Gasteiger charge is 2.49. The van der Waals surface area contributed by atoms with Crippen LogP contribution < -0.4 is 11.3 Å². The fourth-order valence-corrected chi connectivity index (χ4v) is 4.70. The van der Waals surface area contributed by atoms with Gasteiger partial charge >= 0.3 is 0 Å². The van der Waals surface area contributed by atoms with Gasteiger partial charge in [-0.2, -0.15) is 0 Å². The third-order valence-corrected chi connectivity index (χ3v) is 5.65. The molecule has 0 amide bonds. The number of piperidine rings is 1. The van der Waals surface area contributed by atoms with Crippen LogP contribution in [0.1, 0.15) is 51.4 Å². The molecule has 0 radical (unpaired) electrons. The van der Waals surface area contributed by atoms with Crippen LogP contribution in [-0.4, -0.2) is 42.8 Å². The normalized spacial score (nSPS) is 33.6. The van der Waals surface area contributed by atoms with Crippen molar-refractivity contribution in [3.05, 3.63) is 0 Å². The van der Waals surface area contributed by atoms with E-state index in [1.807, 2.05) is 0 Å². The fraction of sp³-hybridized carbons (Fsp3) is 1.00. The lowest BCUT2D eigenvalue weighted by molar-refractivity contribution is 0.0145. The molecule has 4 heteroatoms. The van der Waals surface area contributed by atoms with Crippen LogP contribution in [0.2, 0.25) is 0 Å². The van der Waals surface area contributed by atoms with Gasteiger partial charge in [0.1, 0.15) is 0 Å². The van der Waals surface area contributed by atoms with Crippen LogP contribution in [-0.2, 0) is 4.74 Å². The molecule has 2 saturated heterocycles. The number of nitrogens with zero attached hydrogens (tertiary/aromatic N) is 1. The predicted molar refractivity (Wildman–Crippen MR) is 76.7 cm³/mol. The first-order valence-electron chi connectivity index (χ1n) is 8.16. The second-order valence-electron chi connectivity index (χ2n) is 6.63. The molecule has 2 atom stereocenters. The molecule has 3 aliphatic rings. The average Bonchev–Trinajstić information content (AvgIpc) is 3.13. The fourth-order valence-electron chi connectivity index (χ4n) is 4.70. The minimum absolute atomic E-state index is 0.313. The highest BCUT2D eigenvalue weighted by Crippen LogP contribution is 2.42. The first kappa shape index (κ1) is 13.8. The van der Waals surface area contributed by atoms with E-state index in [4.69, 9.17) is 10.6 Å². The van der Waals surface area contributed by atoms with Gasteiger partial charge in [-0.25, -0.2) is 0 Å². The van der Waals surface area contributed by atoms with Crippen molar-refractivity contribution in [2.45, 2.75) is 62.9 Å². The van der Waals surface area contributed by atoms with Gasteiger partial charge in [-0.15, -0.1) is 0 Å². The van der Waals surface area contributed by atoms with E-state index in [-0.39, 0.29) is 0 Å². The smallest absolute Gasteiger partial charge is 0.0511 e. The summed E-state index contributed by atoms with van der Waals surface area (Å²) in [6.45, 7) is 4.35. The molecule has 110 valence electrons. The number of hydrazine groups is 1. The van der Waals surface area contributed by atoms with Crippen molar-refractivity contribution in [2.75, 3.05) is 26.3 Å². The molecular weight excluding hydrogens is 238 g/mol. The van der Waals surface area contributed by atoms with Crippen molar-refractivity contribution in [1.82, 2.24) is 10.3 Å². The summed E-state index contributed by atoms with van der Waals surface area (Å²) in [7, 11) is 0. The van der Waals surface area contributed by atoms with Crippen LogP contribution in [0.15, 0.2) is 0 Å². The highest BCUT2D eigenvalue weighted by molar-refractivity contribution is 5.06. The first-order valence-corrected chi connectivity index (χ1v) is 8.16. The van der Waals surface area contributed by atoms with Crippen molar-refractivity contribution in [3.8, 4) is 0 Å². The summed E-state index contributed by atoms with van der Waals surface area (Å²) in [4.78, 5) is 2.77. The Morgan fingerprint density at radius 2 is 1.84 bits per heavy atom. The molecule has 0 spiro atoms. The number of rotatable bonds is 4. The SMILES string of the molecule is NNC(C1CCOC1)C1(N2CCCCC2)CCCC1. The van der Waals surface area contributed by atoms with Gasteiger partial charge in [-0.1, -0.05) is 19.3 Å². The number of hydrogen-bond acceptors (Lipinski definition) is 4. The highest BCUT2D eigenvalue weighted by atomic mass is 16.5. The number of nitrogens with two attached hydrogens (primary N) is 1. The maximum atomic E-state index is 5.99. The molecule has 1 saturated carbocycles. The minimum Gasteiger partial charge on any atom is -0.381 e. The molecule has 4 nitrogen and oxygen atoms in total. The number of ether oxygens (including phenoxy) is 1. The molecule has 3 N–H and O–H groups in total. The van der Waals surface area contributed by atoms with E-state index in [9.17, 15) is 0 Å². The van der Waals surface area contributed by atoms with E-state index in [1.165, 1.54) is 64.5 Å². The van der Waals surface area contributed by atoms with Crippen LogP contribution in [0, 0.1) is 5.92 Å². The summed E-state index contributed by atoms with van der Waals surface area (Å²) in [6, 6.07) is 0.413. The van der Waals surface area contributed by atoms with Crippen LogP contribution >= 0.6 is 0 Å². The molecule has 0 aromatic rings. The number of nitrogens with one attached hydrogen (secondary N) is 1. The Morgan fingerprint density at radius 1 is 1.11 bits per heavy atom. The molecule has 2 unspecified atom stereocenters. The zero-order valence-corrected chi connectivity index (χ0v) is 12.1. The Labute approximate surface area is 117 Å². The lowest BCUT2D eigenvalue weighted by atomic mass is 9.78. The zero-order valence-electron chi connectivity index (χ0n) is 12.1. The van der Waals surface area contributed by atoms with Gasteiger partial charge in [-0.3, -0.25) is 16.2 Å². The molecule has 0 aromatic carbocycles. The lowest BCUT2D eigenvalue weighted by Crippen LogP contribution is -2.65. The quantitative estimate of drug-likeness (QED) is 0.601. The van der Waals surface area contributed by atoms with E-state index in [0.717, 1.165) is 13.2 Å². The van der Waals surface area contributed by atoms with Gasteiger partial charge in [-0.05, 0) is 45.2 Å². The van der Waals surface area contributed by atoms with Crippen LogP contribution in [0.5, 0.6) is 0 Å². The Morgan fingerprint density at radius 3 is 2.42 bits per heavy atom. The maximum absolute atomic E-state index is 5.99. The van der Waals surface area contributed by atoms with Gasteiger partial charge in [0, 0.05) is 24.1 Å². The van der Waals surface area contributed by atoms with E-state index in [2.05, 4.69) is 10.3 Å². The average molecular weight is 267 g/mol. The Bertz CT molecular complexity index is 279. The van der Waals surface area contributed by atoms with Crippen molar-refractivity contribution in [2.24, 2.45) is 11.8 Å². The maximum Gasteiger partial charge on any atom is 0.0511 e. The number of hydrogen-bond donors (Lipinski definition) is 2. The monoisotopic (exact) mass is 267 g/mol. The largest absolute Gasteiger partial charge is 0.381 e.